The molecular weight excluding hydrogens is 312 g/mol. The molecule has 0 unspecified atom stereocenters. The van der Waals surface area contributed by atoms with Crippen LogP contribution in [0, 0.1) is 11.3 Å². The third-order valence-corrected chi connectivity index (χ3v) is 3.89. The molecule has 108 valence electrons. The third kappa shape index (κ3) is 3.95. The Balaban J connectivity index is 2.15. The van der Waals surface area contributed by atoms with Crippen LogP contribution in [0.3, 0.4) is 0 Å². The molecule has 0 saturated carbocycles. The molecule has 21 heavy (non-hydrogen) atoms. The van der Waals surface area contributed by atoms with E-state index in [4.69, 9.17) is 26.7 Å². The van der Waals surface area contributed by atoms with Crippen LogP contribution in [0.25, 0.3) is 0 Å². The summed E-state index contributed by atoms with van der Waals surface area (Å²) in [6, 6.07) is 13.0. The van der Waals surface area contributed by atoms with E-state index in [1.165, 1.54) is 18.2 Å². The lowest BCUT2D eigenvalue weighted by Gasteiger charge is -2.09. The summed E-state index contributed by atoms with van der Waals surface area (Å²) >= 11 is 5.96. The van der Waals surface area contributed by atoms with Gasteiger partial charge in [0, 0.05) is 0 Å². The fraction of sp³-hybridized carbons (Fsp3) is 0.0714. The van der Waals surface area contributed by atoms with Gasteiger partial charge >= 0.3 is 0 Å². The number of benzene rings is 2. The van der Waals surface area contributed by atoms with Crippen molar-refractivity contribution in [3.05, 3.63) is 58.6 Å². The predicted octanol–water partition coefficient (Wildman–Crippen LogP) is 2.44. The van der Waals surface area contributed by atoms with Crippen LogP contribution in [0.1, 0.15) is 11.1 Å². The number of nitriles is 1. The van der Waals surface area contributed by atoms with Crippen molar-refractivity contribution in [3.8, 4) is 11.8 Å². The normalized spacial score (nSPS) is 10.9. The molecule has 0 aromatic heterocycles. The standard InChI is InChI=1S/C14H11ClN2O3S/c15-13-7-12(21(17,18)19)4-5-14(13)20-9-11-3-1-2-10(6-11)8-16/h1-7H,9H2,(H2,17,18,19). The second-order valence-corrected chi connectivity index (χ2v) is 6.21. The Kier molecular flexibility index (Phi) is 4.48. The Labute approximate surface area is 127 Å². The number of ether oxygens (including phenoxy) is 1. The van der Waals surface area contributed by atoms with Gasteiger partial charge in [-0.25, -0.2) is 13.6 Å². The number of nitrogens with zero attached hydrogens (tertiary/aromatic N) is 1. The number of sulfonamides is 1. The van der Waals surface area contributed by atoms with Crippen molar-refractivity contribution in [2.75, 3.05) is 0 Å². The lowest BCUT2D eigenvalue weighted by molar-refractivity contribution is 0.306. The molecule has 0 bridgehead atoms. The second kappa shape index (κ2) is 6.14. The van der Waals surface area contributed by atoms with Crippen molar-refractivity contribution >= 4 is 21.6 Å². The fourth-order valence-electron chi connectivity index (χ4n) is 1.67. The van der Waals surface area contributed by atoms with Gasteiger partial charge in [0.25, 0.3) is 0 Å². The van der Waals surface area contributed by atoms with Crippen LogP contribution >= 0.6 is 11.6 Å². The van der Waals surface area contributed by atoms with E-state index in [0.29, 0.717) is 11.3 Å². The molecule has 0 spiro atoms. The molecule has 0 amide bonds. The lowest BCUT2D eigenvalue weighted by Crippen LogP contribution is -2.12. The van der Waals surface area contributed by atoms with Crippen molar-refractivity contribution in [1.82, 2.24) is 0 Å². The van der Waals surface area contributed by atoms with Crippen molar-refractivity contribution in [2.45, 2.75) is 11.5 Å². The number of primary sulfonamides is 1. The molecule has 0 aliphatic heterocycles. The zero-order valence-corrected chi connectivity index (χ0v) is 12.4. The third-order valence-electron chi connectivity index (χ3n) is 2.68. The van der Waals surface area contributed by atoms with Gasteiger partial charge in [0.2, 0.25) is 10.0 Å². The van der Waals surface area contributed by atoms with Crippen LogP contribution in [0.4, 0.5) is 0 Å². The van der Waals surface area contributed by atoms with Gasteiger partial charge in [-0.3, -0.25) is 0 Å². The minimum Gasteiger partial charge on any atom is -0.487 e. The zero-order chi connectivity index (χ0) is 15.5. The van der Waals surface area contributed by atoms with E-state index >= 15 is 0 Å². The van der Waals surface area contributed by atoms with E-state index < -0.39 is 10.0 Å². The maximum Gasteiger partial charge on any atom is 0.238 e. The number of rotatable bonds is 4. The molecule has 0 fully saturated rings. The van der Waals surface area contributed by atoms with Crippen LogP contribution in [0.2, 0.25) is 5.02 Å². The molecule has 2 aromatic carbocycles. The van der Waals surface area contributed by atoms with E-state index in [1.54, 1.807) is 18.2 Å². The summed E-state index contributed by atoms with van der Waals surface area (Å²) in [5.74, 6) is 0.339. The highest BCUT2D eigenvalue weighted by Crippen LogP contribution is 2.27. The quantitative estimate of drug-likeness (QED) is 0.935. The summed E-state index contributed by atoms with van der Waals surface area (Å²) in [5, 5.41) is 14.0. The highest BCUT2D eigenvalue weighted by Gasteiger charge is 2.11. The Hall–Kier alpha value is -2.07. The summed E-state index contributed by atoms with van der Waals surface area (Å²) in [7, 11) is -3.79. The largest absolute Gasteiger partial charge is 0.487 e. The van der Waals surface area contributed by atoms with Gasteiger partial charge in [-0.1, -0.05) is 23.7 Å². The van der Waals surface area contributed by atoms with Crippen molar-refractivity contribution in [3.63, 3.8) is 0 Å². The summed E-state index contributed by atoms with van der Waals surface area (Å²) in [5.41, 5.74) is 1.34. The van der Waals surface area contributed by atoms with Gasteiger partial charge in [0.15, 0.2) is 0 Å². The smallest absolute Gasteiger partial charge is 0.238 e. The first-order chi connectivity index (χ1) is 9.90. The molecule has 2 aromatic rings. The molecular formula is C14H11ClN2O3S. The minimum atomic E-state index is -3.79. The van der Waals surface area contributed by atoms with Crippen LogP contribution in [0.15, 0.2) is 47.4 Å². The van der Waals surface area contributed by atoms with E-state index in [0.717, 1.165) is 5.56 Å². The number of hydrogen-bond donors (Lipinski definition) is 1. The molecule has 2 N–H and O–H groups in total. The van der Waals surface area contributed by atoms with Crippen LogP contribution in [-0.2, 0) is 16.6 Å². The molecule has 0 atom stereocenters. The Morgan fingerprint density at radius 1 is 1.24 bits per heavy atom. The van der Waals surface area contributed by atoms with Crippen molar-refractivity contribution in [2.24, 2.45) is 5.14 Å². The van der Waals surface area contributed by atoms with Crippen molar-refractivity contribution < 1.29 is 13.2 Å². The van der Waals surface area contributed by atoms with Crippen LogP contribution < -0.4 is 9.88 Å². The molecule has 0 aliphatic carbocycles. The van der Waals surface area contributed by atoms with Crippen LogP contribution in [0.5, 0.6) is 5.75 Å². The number of hydrogen-bond acceptors (Lipinski definition) is 4. The molecule has 7 heteroatoms. The van der Waals surface area contributed by atoms with Gasteiger partial charge in [-0.2, -0.15) is 5.26 Å². The molecule has 0 radical (unpaired) electrons. The maximum atomic E-state index is 11.2. The first-order valence-electron chi connectivity index (χ1n) is 5.84. The van der Waals surface area contributed by atoms with Gasteiger partial charge in [-0.05, 0) is 35.9 Å². The predicted molar refractivity (Wildman–Crippen MR) is 78.3 cm³/mol. The molecule has 0 aliphatic rings. The Morgan fingerprint density at radius 3 is 2.62 bits per heavy atom. The monoisotopic (exact) mass is 322 g/mol. The van der Waals surface area contributed by atoms with Crippen molar-refractivity contribution in [1.29, 1.82) is 5.26 Å². The van der Waals surface area contributed by atoms with E-state index in [1.807, 2.05) is 12.1 Å². The molecule has 5 nitrogen and oxygen atoms in total. The Bertz CT molecular complexity index is 813. The maximum absolute atomic E-state index is 11.2. The average Bonchev–Trinajstić information content (AvgIpc) is 2.45. The minimum absolute atomic E-state index is 0.0775. The molecule has 0 saturated heterocycles. The summed E-state index contributed by atoms with van der Waals surface area (Å²) in [4.78, 5) is -0.0775. The first kappa shape index (κ1) is 15.3. The van der Waals surface area contributed by atoms with Crippen LogP contribution in [-0.4, -0.2) is 8.42 Å². The summed E-state index contributed by atoms with van der Waals surface area (Å²) < 4.78 is 27.9. The molecule has 2 rings (SSSR count). The highest BCUT2D eigenvalue weighted by molar-refractivity contribution is 7.89. The highest BCUT2D eigenvalue weighted by atomic mass is 35.5. The van der Waals surface area contributed by atoms with Gasteiger partial charge < -0.3 is 4.74 Å². The fourth-order valence-corrected chi connectivity index (χ4v) is 2.51. The van der Waals surface area contributed by atoms with Gasteiger partial charge in [0.1, 0.15) is 12.4 Å². The second-order valence-electron chi connectivity index (χ2n) is 4.24. The lowest BCUT2D eigenvalue weighted by atomic mass is 10.1. The van der Waals surface area contributed by atoms with Gasteiger partial charge in [0.05, 0.1) is 21.6 Å². The van der Waals surface area contributed by atoms with Gasteiger partial charge in [-0.15, -0.1) is 0 Å². The van der Waals surface area contributed by atoms with E-state index in [-0.39, 0.29) is 16.5 Å². The zero-order valence-electron chi connectivity index (χ0n) is 10.8. The Morgan fingerprint density at radius 2 is 2.00 bits per heavy atom. The first-order valence-corrected chi connectivity index (χ1v) is 7.77. The average molecular weight is 323 g/mol. The topological polar surface area (TPSA) is 93.2 Å². The molecule has 0 heterocycles. The summed E-state index contributed by atoms with van der Waals surface area (Å²) in [6.45, 7) is 0.212. The van der Waals surface area contributed by atoms with E-state index in [9.17, 15) is 8.42 Å². The SMILES string of the molecule is N#Cc1cccc(COc2ccc(S(N)(=O)=O)cc2Cl)c1. The number of halogens is 1. The number of nitrogens with two attached hydrogens (primary N) is 1. The summed E-state index contributed by atoms with van der Waals surface area (Å²) in [6.07, 6.45) is 0. The van der Waals surface area contributed by atoms with E-state index in [2.05, 4.69) is 0 Å².